The Morgan fingerprint density at radius 2 is 1.47 bits per heavy atom. The van der Waals surface area contributed by atoms with E-state index in [0.29, 0.717) is 11.1 Å². The molecule has 0 saturated carbocycles. The van der Waals surface area contributed by atoms with Gasteiger partial charge in [0, 0.05) is 6.42 Å². The Morgan fingerprint density at radius 1 is 0.906 bits per heavy atom. The van der Waals surface area contributed by atoms with Crippen molar-refractivity contribution in [2.24, 2.45) is 0 Å². The van der Waals surface area contributed by atoms with Crippen molar-refractivity contribution < 1.29 is 17.4 Å². The predicted molar refractivity (Wildman–Crippen MR) is 131 cm³/mol. The quantitative estimate of drug-likeness (QED) is 0.191. The summed E-state index contributed by atoms with van der Waals surface area (Å²) in [6.07, 6.45) is 0.177. The lowest BCUT2D eigenvalue weighted by molar-refractivity contribution is -0.105. The van der Waals surface area contributed by atoms with Gasteiger partial charge in [0.1, 0.15) is 20.5 Å². The highest BCUT2D eigenvalue weighted by Crippen LogP contribution is 2.30. The molecule has 3 rings (SSSR count). The van der Waals surface area contributed by atoms with Gasteiger partial charge < -0.3 is 0 Å². The minimum atomic E-state index is -4.01. The molecule has 1 atom stereocenters. The number of benzene rings is 3. The third kappa shape index (κ3) is 6.13. The molecule has 3 aromatic carbocycles. The molecule has 0 aromatic heterocycles. The predicted octanol–water partition coefficient (Wildman–Crippen LogP) is 5.11. The zero-order valence-corrected chi connectivity index (χ0v) is 20.4. The number of rotatable bonds is 9. The first-order valence-electron chi connectivity index (χ1n) is 10.5. The van der Waals surface area contributed by atoms with Crippen LogP contribution in [0, 0.1) is 6.92 Å². The van der Waals surface area contributed by atoms with Crippen LogP contribution in [0.1, 0.15) is 23.7 Å². The first kappa shape index (κ1) is 23.9. The van der Waals surface area contributed by atoms with E-state index in [1.54, 1.807) is 12.1 Å². The molecule has 0 aliphatic rings. The first-order chi connectivity index (χ1) is 15.2. The SMILES string of the molecule is Cc1ccc(S(=O)(=O)OC(C/C(C=O)=C\[Si](C)(C)c2ccccc2)c2ccccc2)cc1. The summed E-state index contributed by atoms with van der Waals surface area (Å²) in [5.74, 6) is 0. The standard InChI is InChI=1S/C26H28O4SSi/c1-21-14-16-24(17-15-21)31(28,29)30-26(23-10-6-4-7-11-23)18-22(19-27)20-32(2,3)25-12-8-5-9-13-25/h4-17,19-20,26H,18H2,1-3H3/b22-20+. The zero-order valence-electron chi connectivity index (χ0n) is 18.6. The van der Waals surface area contributed by atoms with E-state index in [1.807, 2.05) is 61.2 Å². The molecule has 0 saturated heterocycles. The second-order valence-corrected chi connectivity index (χ2v) is 14.3. The Kier molecular flexibility index (Phi) is 7.61. The summed E-state index contributed by atoms with van der Waals surface area (Å²) in [5.41, 5.74) is 4.23. The molecule has 6 heteroatoms. The molecule has 3 aromatic rings. The monoisotopic (exact) mass is 464 g/mol. The van der Waals surface area contributed by atoms with Gasteiger partial charge in [0.05, 0.1) is 4.90 Å². The van der Waals surface area contributed by atoms with Gasteiger partial charge in [-0.25, -0.2) is 0 Å². The van der Waals surface area contributed by atoms with Crippen molar-refractivity contribution in [2.75, 3.05) is 0 Å². The van der Waals surface area contributed by atoms with E-state index in [2.05, 4.69) is 25.2 Å². The molecule has 0 aliphatic heterocycles. The second-order valence-electron chi connectivity index (χ2n) is 8.39. The second kappa shape index (κ2) is 10.2. The van der Waals surface area contributed by atoms with E-state index < -0.39 is 24.3 Å². The Morgan fingerprint density at radius 3 is 2.03 bits per heavy atom. The van der Waals surface area contributed by atoms with Gasteiger partial charge in [0.15, 0.2) is 0 Å². The molecule has 1 unspecified atom stereocenters. The maximum atomic E-state index is 13.0. The number of aldehydes is 1. The maximum Gasteiger partial charge on any atom is 0.297 e. The highest BCUT2D eigenvalue weighted by molar-refractivity contribution is 7.86. The van der Waals surface area contributed by atoms with E-state index in [-0.39, 0.29) is 11.3 Å². The van der Waals surface area contributed by atoms with Gasteiger partial charge in [-0.05, 0) is 30.2 Å². The van der Waals surface area contributed by atoms with Crippen LogP contribution in [-0.2, 0) is 19.1 Å². The molecule has 0 heterocycles. The lowest BCUT2D eigenvalue weighted by atomic mass is 10.0. The third-order valence-electron chi connectivity index (χ3n) is 5.36. The van der Waals surface area contributed by atoms with Crippen LogP contribution in [-0.4, -0.2) is 22.8 Å². The van der Waals surface area contributed by atoms with Crippen LogP contribution in [0.5, 0.6) is 0 Å². The Bertz CT molecular complexity index is 1170. The number of hydrogen-bond acceptors (Lipinski definition) is 4. The summed E-state index contributed by atoms with van der Waals surface area (Å²) in [5, 5.41) is 1.20. The van der Waals surface area contributed by atoms with Gasteiger partial charge in [-0.3, -0.25) is 8.98 Å². The highest BCUT2D eigenvalue weighted by atomic mass is 32.2. The summed E-state index contributed by atoms with van der Waals surface area (Å²) >= 11 is 0. The molecule has 0 spiro atoms. The maximum absolute atomic E-state index is 13.0. The minimum absolute atomic E-state index is 0.0969. The normalized spacial score (nSPS) is 13.5. The number of hydrogen-bond donors (Lipinski definition) is 0. The summed E-state index contributed by atoms with van der Waals surface area (Å²) in [6, 6.07) is 25.8. The highest BCUT2D eigenvalue weighted by Gasteiger charge is 2.26. The molecular weight excluding hydrogens is 436 g/mol. The van der Waals surface area contributed by atoms with Crippen LogP contribution in [0.25, 0.3) is 0 Å². The van der Waals surface area contributed by atoms with E-state index in [9.17, 15) is 13.2 Å². The van der Waals surface area contributed by atoms with Crippen LogP contribution >= 0.6 is 0 Å². The van der Waals surface area contributed by atoms with Gasteiger partial charge >= 0.3 is 0 Å². The van der Waals surface area contributed by atoms with Crippen LogP contribution in [0.3, 0.4) is 0 Å². The van der Waals surface area contributed by atoms with Gasteiger partial charge in [-0.15, -0.1) is 0 Å². The van der Waals surface area contributed by atoms with Crippen molar-refractivity contribution in [3.8, 4) is 0 Å². The van der Waals surface area contributed by atoms with Crippen LogP contribution in [0.15, 0.2) is 101 Å². The number of carbonyl (C=O) groups excluding carboxylic acids is 1. The fourth-order valence-electron chi connectivity index (χ4n) is 3.56. The fraction of sp³-hybridized carbons (Fsp3) is 0.192. The molecule has 0 amide bonds. The lowest BCUT2D eigenvalue weighted by Crippen LogP contribution is -2.40. The number of aryl methyl sites for hydroxylation is 1. The molecule has 0 radical (unpaired) electrons. The van der Waals surface area contributed by atoms with Gasteiger partial charge in [0.25, 0.3) is 10.1 Å². The largest absolute Gasteiger partial charge is 0.298 e. The van der Waals surface area contributed by atoms with Gasteiger partial charge in [-0.1, -0.05) is 102 Å². The van der Waals surface area contributed by atoms with Crippen molar-refractivity contribution in [1.82, 2.24) is 0 Å². The third-order valence-corrected chi connectivity index (χ3v) is 9.61. The first-order valence-corrected chi connectivity index (χ1v) is 15.0. The van der Waals surface area contributed by atoms with Crippen LogP contribution < -0.4 is 5.19 Å². The molecule has 32 heavy (non-hydrogen) atoms. The molecule has 0 fully saturated rings. The fourth-order valence-corrected chi connectivity index (χ4v) is 6.95. The molecule has 166 valence electrons. The summed E-state index contributed by atoms with van der Waals surface area (Å²) in [6.45, 7) is 6.21. The average Bonchev–Trinajstić information content (AvgIpc) is 2.79. The van der Waals surface area contributed by atoms with Crippen molar-refractivity contribution >= 4 is 29.7 Å². The Hall–Kier alpha value is -2.80. The summed E-state index contributed by atoms with van der Waals surface area (Å²) < 4.78 is 31.7. The average molecular weight is 465 g/mol. The lowest BCUT2D eigenvalue weighted by Gasteiger charge is -2.22. The molecular formula is C26H28O4SSi. The van der Waals surface area contributed by atoms with E-state index in [4.69, 9.17) is 4.18 Å². The van der Waals surface area contributed by atoms with E-state index in [0.717, 1.165) is 11.8 Å². The van der Waals surface area contributed by atoms with E-state index in [1.165, 1.54) is 17.3 Å². The summed E-state index contributed by atoms with van der Waals surface area (Å²) in [4.78, 5) is 12.1. The molecule has 0 aliphatic carbocycles. The molecule has 0 N–H and O–H groups in total. The minimum Gasteiger partial charge on any atom is -0.298 e. The summed E-state index contributed by atoms with van der Waals surface area (Å²) in [7, 11) is -6.06. The topological polar surface area (TPSA) is 60.4 Å². The van der Waals surface area contributed by atoms with Crippen molar-refractivity contribution in [3.63, 3.8) is 0 Å². The number of carbonyl (C=O) groups is 1. The Balaban J connectivity index is 1.94. The smallest absolute Gasteiger partial charge is 0.297 e. The molecule has 4 nitrogen and oxygen atoms in total. The zero-order chi connectivity index (χ0) is 23.2. The van der Waals surface area contributed by atoms with Gasteiger partial charge in [-0.2, -0.15) is 8.42 Å². The van der Waals surface area contributed by atoms with Crippen molar-refractivity contribution in [3.05, 3.63) is 107 Å². The van der Waals surface area contributed by atoms with E-state index >= 15 is 0 Å². The van der Waals surface area contributed by atoms with Crippen molar-refractivity contribution in [2.45, 2.75) is 37.4 Å². The van der Waals surface area contributed by atoms with Crippen molar-refractivity contribution in [1.29, 1.82) is 0 Å². The van der Waals surface area contributed by atoms with Gasteiger partial charge in [0.2, 0.25) is 0 Å². The molecule has 0 bridgehead atoms. The van der Waals surface area contributed by atoms with Crippen LogP contribution in [0.4, 0.5) is 0 Å². The Labute approximate surface area is 191 Å². The van der Waals surface area contributed by atoms with Crippen LogP contribution in [0.2, 0.25) is 13.1 Å².